The topological polar surface area (TPSA) is 0 Å². The van der Waals surface area contributed by atoms with Gasteiger partial charge in [0, 0.05) is 0 Å². The Labute approximate surface area is 80.3 Å². The maximum atomic E-state index is 6.38. The molecule has 0 N–H and O–H groups in total. The molecule has 0 unspecified atom stereocenters. The number of halogens is 1. The summed E-state index contributed by atoms with van der Waals surface area (Å²) < 4.78 is 0. The van der Waals surface area contributed by atoms with Gasteiger partial charge in [-0.25, -0.2) is 0 Å². The van der Waals surface area contributed by atoms with Gasteiger partial charge >= 0.3 is 0 Å². The molecule has 1 rings (SSSR count). The smallest absolute Gasteiger partial charge is 0.162 e. The zero-order chi connectivity index (χ0) is 9.19. The molecule has 1 aromatic carbocycles. The van der Waals surface area contributed by atoms with E-state index in [0.717, 1.165) is 6.42 Å². The molecule has 0 nitrogen and oxygen atoms in total. The Kier molecular flexibility index (Phi) is 2.97. The normalized spacial score (nSPS) is 11.7. The van der Waals surface area contributed by atoms with Gasteiger partial charge in [-0.1, -0.05) is 44.3 Å². The van der Waals surface area contributed by atoms with Crippen LogP contribution in [0, 0.1) is 0 Å². The van der Waals surface area contributed by atoms with Crippen LogP contribution in [-0.2, 0) is 6.42 Å². The van der Waals surface area contributed by atoms with Gasteiger partial charge in [0.25, 0.3) is 0 Å². The summed E-state index contributed by atoms with van der Waals surface area (Å²) in [5.74, 6) is 0. The lowest BCUT2D eigenvalue weighted by Crippen LogP contribution is -2.37. The first-order valence-electron chi connectivity index (χ1n) is 4.33. The lowest BCUT2D eigenvalue weighted by molar-refractivity contribution is 1.15. The number of hydrogen-bond donors (Lipinski definition) is 0. The number of aryl methyl sites for hydroxylation is 1. The van der Waals surface area contributed by atoms with Crippen molar-refractivity contribution in [2.75, 3.05) is 0 Å². The molecule has 0 amide bonds. The minimum Gasteiger partial charge on any atom is -0.162 e. The van der Waals surface area contributed by atoms with Crippen molar-refractivity contribution in [3.63, 3.8) is 0 Å². The van der Waals surface area contributed by atoms with E-state index in [2.05, 4.69) is 44.3 Å². The highest BCUT2D eigenvalue weighted by Crippen LogP contribution is 2.11. The zero-order valence-corrected chi connectivity index (χ0v) is 9.65. The fourth-order valence-corrected chi connectivity index (χ4v) is 3.48. The van der Waals surface area contributed by atoms with E-state index < -0.39 is 7.38 Å². The second-order valence-electron chi connectivity index (χ2n) is 3.48. The third-order valence-corrected chi connectivity index (χ3v) is 4.42. The summed E-state index contributed by atoms with van der Waals surface area (Å²) in [6.07, 6.45) is 1.08. The van der Waals surface area contributed by atoms with Crippen LogP contribution < -0.4 is 5.19 Å². The monoisotopic (exact) mass is 198 g/mol. The molecule has 0 spiro atoms. The first kappa shape index (κ1) is 9.81. The highest BCUT2D eigenvalue weighted by atomic mass is 35.6. The van der Waals surface area contributed by atoms with Gasteiger partial charge in [0.2, 0.25) is 0 Å². The maximum Gasteiger partial charge on any atom is 0.181 e. The molecule has 0 atom stereocenters. The highest BCUT2D eigenvalue weighted by Gasteiger charge is 2.21. The van der Waals surface area contributed by atoms with Crippen LogP contribution in [0.25, 0.3) is 0 Å². The SMILES string of the molecule is CCc1ccccc1[Si](C)(C)Cl. The lowest BCUT2D eigenvalue weighted by atomic mass is 10.2. The molecule has 0 radical (unpaired) electrons. The molecule has 0 saturated carbocycles. The Morgan fingerprint density at radius 1 is 1.25 bits per heavy atom. The van der Waals surface area contributed by atoms with Crippen LogP contribution in [-0.4, -0.2) is 7.38 Å². The van der Waals surface area contributed by atoms with Crippen LogP contribution in [0.3, 0.4) is 0 Å². The van der Waals surface area contributed by atoms with E-state index in [1.165, 1.54) is 10.8 Å². The molecule has 0 aliphatic rings. The van der Waals surface area contributed by atoms with E-state index >= 15 is 0 Å². The fraction of sp³-hybridized carbons (Fsp3) is 0.400. The van der Waals surface area contributed by atoms with Crippen molar-refractivity contribution in [2.24, 2.45) is 0 Å². The Morgan fingerprint density at radius 2 is 1.83 bits per heavy atom. The van der Waals surface area contributed by atoms with Crippen LogP contribution in [0.15, 0.2) is 24.3 Å². The summed E-state index contributed by atoms with van der Waals surface area (Å²) >= 11 is 6.38. The summed E-state index contributed by atoms with van der Waals surface area (Å²) in [6.45, 7) is 6.52. The van der Waals surface area contributed by atoms with Crippen molar-refractivity contribution in [2.45, 2.75) is 26.4 Å². The van der Waals surface area contributed by atoms with Crippen molar-refractivity contribution in [3.8, 4) is 0 Å². The average molecular weight is 199 g/mol. The Bertz CT molecular complexity index is 263. The highest BCUT2D eigenvalue weighted by molar-refractivity contribution is 7.26. The van der Waals surface area contributed by atoms with Gasteiger partial charge in [0.1, 0.15) is 0 Å². The minimum absolute atomic E-state index is 1.08. The third kappa shape index (κ3) is 2.11. The van der Waals surface area contributed by atoms with Crippen molar-refractivity contribution >= 4 is 23.6 Å². The van der Waals surface area contributed by atoms with Gasteiger partial charge in [-0.05, 0) is 17.2 Å². The summed E-state index contributed by atoms with van der Waals surface area (Å²) in [6, 6.07) is 8.50. The Balaban J connectivity index is 3.14. The van der Waals surface area contributed by atoms with E-state index in [0.29, 0.717) is 0 Å². The molecule has 0 aliphatic heterocycles. The van der Waals surface area contributed by atoms with E-state index in [9.17, 15) is 0 Å². The van der Waals surface area contributed by atoms with Crippen molar-refractivity contribution in [3.05, 3.63) is 29.8 Å². The first-order valence-corrected chi connectivity index (χ1v) is 8.34. The molecule has 12 heavy (non-hydrogen) atoms. The second kappa shape index (κ2) is 3.63. The third-order valence-electron chi connectivity index (χ3n) is 2.04. The van der Waals surface area contributed by atoms with Crippen LogP contribution in [0.5, 0.6) is 0 Å². The summed E-state index contributed by atoms with van der Waals surface area (Å²) in [5.41, 5.74) is 1.41. The summed E-state index contributed by atoms with van der Waals surface area (Å²) in [7, 11) is -1.63. The fourth-order valence-electron chi connectivity index (χ4n) is 1.41. The standard InChI is InChI=1S/C10H15ClSi/c1-4-9-7-5-6-8-10(9)12(2,3)11/h5-8H,4H2,1-3H3. The number of rotatable bonds is 2. The first-order chi connectivity index (χ1) is 5.55. The molecule has 1 aromatic rings. The number of benzene rings is 1. The van der Waals surface area contributed by atoms with Crippen LogP contribution in [0.2, 0.25) is 13.1 Å². The van der Waals surface area contributed by atoms with Gasteiger partial charge in [-0.15, -0.1) is 0 Å². The molecule has 66 valence electrons. The average Bonchev–Trinajstić information content (AvgIpc) is 2.03. The van der Waals surface area contributed by atoms with E-state index in [4.69, 9.17) is 11.1 Å². The Morgan fingerprint density at radius 3 is 2.25 bits per heavy atom. The summed E-state index contributed by atoms with van der Waals surface area (Å²) in [4.78, 5) is 0. The van der Waals surface area contributed by atoms with Crippen molar-refractivity contribution in [1.29, 1.82) is 0 Å². The van der Waals surface area contributed by atoms with Gasteiger partial charge in [0.15, 0.2) is 7.38 Å². The predicted octanol–water partition coefficient (Wildman–Crippen LogP) is 2.90. The molecule has 0 heterocycles. The zero-order valence-electron chi connectivity index (χ0n) is 7.89. The molecule has 2 heteroatoms. The Hall–Kier alpha value is -0.273. The van der Waals surface area contributed by atoms with Crippen LogP contribution >= 0.6 is 11.1 Å². The van der Waals surface area contributed by atoms with Crippen molar-refractivity contribution < 1.29 is 0 Å². The van der Waals surface area contributed by atoms with Gasteiger partial charge < -0.3 is 0 Å². The molecule has 0 aliphatic carbocycles. The van der Waals surface area contributed by atoms with E-state index in [1.54, 1.807) is 0 Å². The quantitative estimate of drug-likeness (QED) is 0.507. The maximum absolute atomic E-state index is 6.38. The molecule has 0 bridgehead atoms. The van der Waals surface area contributed by atoms with Crippen LogP contribution in [0.4, 0.5) is 0 Å². The van der Waals surface area contributed by atoms with Gasteiger partial charge in [0.05, 0.1) is 0 Å². The molecule has 0 saturated heterocycles. The molecular formula is C10H15ClSi. The van der Waals surface area contributed by atoms with Gasteiger partial charge in [-0.2, -0.15) is 11.1 Å². The predicted molar refractivity (Wildman–Crippen MR) is 58.8 cm³/mol. The van der Waals surface area contributed by atoms with E-state index in [-0.39, 0.29) is 0 Å². The second-order valence-corrected chi connectivity index (χ2v) is 9.80. The minimum atomic E-state index is -1.63. The molecule has 0 aromatic heterocycles. The van der Waals surface area contributed by atoms with Crippen molar-refractivity contribution in [1.82, 2.24) is 0 Å². The summed E-state index contributed by atoms with van der Waals surface area (Å²) in [5, 5.41) is 1.38. The van der Waals surface area contributed by atoms with Gasteiger partial charge in [-0.3, -0.25) is 0 Å². The molecule has 0 fully saturated rings. The lowest BCUT2D eigenvalue weighted by Gasteiger charge is -2.17. The number of hydrogen-bond acceptors (Lipinski definition) is 0. The largest absolute Gasteiger partial charge is 0.181 e. The molecular weight excluding hydrogens is 184 g/mol. The van der Waals surface area contributed by atoms with E-state index in [1.807, 2.05) is 0 Å². The van der Waals surface area contributed by atoms with Crippen LogP contribution in [0.1, 0.15) is 12.5 Å².